The highest BCUT2D eigenvalue weighted by molar-refractivity contribution is 7.20. The Bertz CT molecular complexity index is 844. The van der Waals surface area contributed by atoms with Gasteiger partial charge < -0.3 is 14.3 Å². The first kappa shape index (κ1) is 11.7. The van der Waals surface area contributed by atoms with Crippen molar-refractivity contribution in [1.82, 2.24) is 4.98 Å². The van der Waals surface area contributed by atoms with E-state index in [1.807, 2.05) is 6.07 Å². The van der Waals surface area contributed by atoms with E-state index >= 15 is 0 Å². The van der Waals surface area contributed by atoms with Gasteiger partial charge in [0.05, 0.1) is 7.11 Å². The molecule has 6 heteroatoms. The fourth-order valence-corrected chi connectivity index (χ4v) is 3.26. The van der Waals surface area contributed by atoms with Crippen LogP contribution in [0.3, 0.4) is 0 Å². The van der Waals surface area contributed by atoms with Gasteiger partial charge in [-0.2, -0.15) is 0 Å². The highest BCUT2D eigenvalue weighted by atomic mass is 32.1. The summed E-state index contributed by atoms with van der Waals surface area (Å²) >= 11 is 1.22. The molecule has 0 spiro atoms. The average molecular weight is 289 g/mol. The van der Waals surface area contributed by atoms with Crippen molar-refractivity contribution in [3.05, 3.63) is 22.9 Å². The Labute approximate surface area is 117 Å². The summed E-state index contributed by atoms with van der Waals surface area (Å²) in [6.07, 6.45) is 2.20. The molecule has 1 aliphatic rings. The first-order valence-corrected chi connectivity index (χ1v) is 7.13. The third kappa shape index (κ3) is 1.61. The van der Waals surface area contributed by atoms with Crippen molar-refractivity contribution in [3.8, 4) is 5.75 Å². The monoisotopic (exact) mass is 289 g/mol. The predicted molar refractivity (Wildman–Crippen MR) is 74.9 cm³/mol. The minimum Gasteiger partial charge on any atom is -0.493 e. The van der Waals surface area contributed by atoms with Crippen molar-refractivity contribution >= 4 is 38.5 Å². The van der Waals surface area contributed by atoms with Gasteiger partial charge in [0, 0.05) is 22.1 Å². The number of oxazole rings is 1. The summed E-state index contributed by atoms with van der Waals surface area (Å²) in [6, 6.07) is 3.47. The SMILES string of the molecule is COc1cc2sc(C(=O)O)cc2c2nc(C3CC3)oc12. The largest absolute Gasteiger partial charge is 0.493 e. The molecule has 0 unspecified atom stereocenters. The molecule has 20 heavy (non-hydrogen) atoms. The Morgan fingerprint density at radius 1 is 1.50 bits per heavy atom. The number of fused-ring (bicyclic) bond motifs is 3. The molecule has 0 amide bonds. The number of ether oxygens (including phenoxy) is 1. The molecule has 0 aliphatic heterocycles. The van der Waals surface area contributed by atoms with Crippen LogP contribution in [0.1, 0.15) is 34.3 Å². The molecule has 1 fully saturated rings. The van der Waals surface area contributed by atoms with Crippen LogP contribution in [-0.4, -0.2) is 23.2 Å². The zero-order valence-corrected chi connectivity index (χ0v) is 11.5. The van der Waals surface area contributed by atoms with Crippen LogP contribution in [0, 0.1) is 0 Å². The molecule has 3 aromatic rings. The number of carbonyl (C=O) groups is 1. The fourth-order valence-electron chi connectivity index (χ4n) is 2.33. The van der Waals surface area contributed by atoms with Crippen molar-refractivity contribution in [1.29, 1.82) is 0 Å². The fraction of sp³-hybridized carbons (Fsp3) is 0.286. The lowest BCUT2D eigenvalue weighted by molar-refractivity contribution is 0.0702. The van der Waals surface area contributed by atoms with Gasteiger partial charge in [-0.25, -0.2) is 9.78 Å². The first-order chi connectivity index (χ1) is 9.67. The van der Waals surface area contributed by atoms with Crippen LogP contribution in [0.2, 0.25) is 0 Å². The molecule has 1 aromatic carbocycles. The third-order valence-electron chi connectivity index (χ3n) is 3.50. The Morgan fingerprint density at radius 3 is 2.95 bits per heavy atom. The quantitative estimate of drug-likeness (QED) is 0.797. The van der Waals surface area contributed by atoms with Gasteiger partial charge in [0.25, 0.3) is 0 Å². The highest BCUT2D eigenvalue weighted by Crippen LogP contribution is 2.44. The van der Waals surface area contributed by atoms with E-state index < -0.39 is 5.97 Å². The van der Waals surface area contributed by atoms with Gasteiger partial charge in [-0.15, -0.1) is 11.3 Å². The molecule has 2 aromatic heterocycles. The minimum absolute atomic E-state index is 0.297. The average Bonchev–Trinajstić information content (AvgIpc) is 3.02. The van der Waals surface area contributed by atoms with E-state index in [1.165, 1.54) is 11.3 Å². The second-order valence-electron chi connectivity index (χ2n) is 4.91. The van der Waals surface area contributed by atoms with Gasteiger partial charge in [0.2, 0.25) is 0 Å². The number of nitrogens with zero attached hydrogens (tertiary/aromatic N) is 1. The van der Waals surface area contributed by atoms with Crippen LogP contribution < -0.4 is 4.74 Å². The highest BCUT2D eigenvalue weighted by Gasteiger charge is 2.30. The van der Waals surface area contributed by atoms with Crippen LogP contribution >= 0.6 is 11.3 Å². The van der Waals surface area contributed by atoms with E-state index in [4.69, 9.17) is 14.3 Å². The first-order valence-electron chi connectivity index (χ1n) is 6.31. The smallest absolute Gasteiger partial charge is 0.345 e. The summed E-state index contributed by atoms with van der Waals surface area (Å²) < 4.78 is 12.0. The summed E-state index contributed by atoms with van der Waals surface area (Å²) in [6.45, 7) is 0. The van der Waals surface area contributed by atoms with Crippen LogP contribution in [0.15, 0.2) is 16.5 Å². The lowest BCUT2D eigenvalue weighted by Crippen LogP contribution is -1.89. The Hall–Kier alpha value is -2.08. The van der Waals surface area contributed by atoms with Crippen LogP contribution in [0.25, 0.3) is 21.2 Å². The molecule has 0 atom stereocenters. The molecular formula is C14H11NO4S. The molecule has 102 valence electrons. The zero-order valence-electron chi connectivity index (χ0n) is 10.7. The van der Waals surface area contributed by atoms with Crippen LogP contribution in [-0.2, 0) is 0 Å². The molecule has 1 aliphatic carbocycles. The number of aromatic carboxylic acids is 1. The maximum atomic E-state index is 11.1. The number of carboxylic acid groups (broad SMARTS) is 1. The van der Waals surface area contributed by atoms with E-state index in [2.05, 4.69) is 4.98 Å². The van der Waals surface area contributed by atoms with Gasteiger partial charge in [0.15, 0.2) is 17.2 Å². The number of benzene rings is 1. The normalized spacial score (nSPS) is 15.1. The molecule has 1 N–H and O–H groups in total. The van der Waals surface area contributed by atoms with Crippen LogP contribution in [0.5, 0.6) is 5.75 Å². The summed E-state index contributed by atoms with van der Waals surface area (Å²) in [5.74, 6) is 0.809. The lowest BCUT2D eigenvalue weighted by Gasteiger charge is -1.99. The zero-order chi connectivity index (χ0) is 13.9. The molecule has 4 rings (SSSR count). The van der Waals surface area contributed by atoms with Gasteiger partial charge in [-0.05, 0) is 18.9 Å². The molecule has 0 bridgehead atoms. The summed E-state index contributed by atoms with van der Waals surface area (Å²) in [7, 11) is 1.58. The van der Waals surface area contributed by atoms with E-state index in [9.17, 15) is 4.79 Å². The standard InChI is InChI=1S/C14H11NO4S/c1-18-8-5-9-7(4-10(20-9)14(16)17)11-12(8)19-13(15-11)6-2-3-6/h4-6H,2-3H2,1H3,(H,16,17). The van der Waals surface area contributed by atoms with Crippen LogP contribution in [0.4, 0.5) is 0 Å². The second kappa shape index (κ2) is 3.96. The third-order valence-corrected chi connectivity index (χ3v) is 4.57. The van der Waals surface area contributed by atoms with Gasteiger partial charge in [-0.3, -0.25) is 0 Å². The minimum atomic E-state index is -0.927. The van der Waals surface area contributed by atoms with Crippen molar-refractivity contribution < 1.29 is 19.1 Å². The number of aromatic nitrogens is 1. The molecular weight excluding hydrogens is 278 g/mol. The van der Waals surface area contributed by atoms with E-state index in [0.717, 1.165) is 28.8 Å². The molecule has 0 saturated heterocycles. The van der Waals surface area contributed by atoms with E-state index in [0.29, 0.717) is 27.6 Å². The summed E-state index contributed by atoms with van der Waals surface area (Å²) in [5, 5.41) is 9.94. The maximum absolute atomic E-state index is 11.1. The lowest BCUT2D eigenvalue weighted by atomic mass is 10.2. The van der Waals surface area contributed by atoms with Crippen molar-refractivity contribution in [3.63, 3.8) is 0 Å². The van der Waals surface area contributed by atoms with E-state index in [1.54, 1.807) is 13.2 Å². The van der Waals surface area contributed by atoms with Gasteiger partial charge >= 0.3 is 5.97 Å². The number of carboxylic acids is 1. The maximum Gasteiger partial charge on any atom is 0.345 e. The predicted octanol–water partition coefficient (Wildman–Crippen LogP) is 3.63. The topological polar surface area (TPSA) is 72.6 Å². The molecule has 0 radical (unpaired) electrons. The molecule has 1 saturated carbocycles. The summed E-state index contributed by atoms with van der Waals surface area (Å²) in [4.78, 5) is 16.0. The number of hydrogen-bond acceptors (Lipinski definition) is 5. The Balaban J connectivity index is 2.06. The number of thiophene rings is 1. The number of methoxy groups -OCH3 is 1. The van der Waals surface area contributed by atoms with Crippen molar-refractivity contribution in [2.45, 2.75) is 18.8 Å². The van der Waals surface area contributed by atoms with Crippen molar-refractivity contribution in [2.75, 3.05) is 7.11 Å². The molecule has 5 nitrogen and oxygen atoms in total. The Morgan fingerprint density at radius 2 is 2.30 bits per heavy atom. The summed E-state index contributed by atoms with van der Waals surface area (Å²) in [5.41, 5.74) is 1.31. The molecule has 2 heterocycles. The van der Waals surface area contributed by atoms with Gasteiger partial charge in [-0.1, -0.05) is 0 Å². The Kier molecular flexibility index (Phi) is 2.32. The van der Waals surface area contributed by atoms with E-state index in [-0.39, 0.29) is 0 Å². The number of rotatable bonds is 3. The van der Waals surface area contributed by atoms with Gasteiger partial charge in [0.1, 0.15) is 10.4 Å². The number of hydrogen-bond donors (Lipinski definition) is 1. The second-order valence-corrected chi connectivity index (χ2v) is 5.99. The van der Waals surface area contributed by atoms with Crippen molar-refractivity contribution in [2.24, 2.45) is 0 Å².